The van der Waals surface area contributed by atoms with E-state index in [1.165, 1.54) is 19.8 Å². The molecule has 10 heteroatoms. The largest absolute Gasteiger partial charge is 0.464 e. The molecule has 50 heavy (non-hydrogen) atoms. The molecule has 0 radical (unpaired) electrons. The van der Waals surface area contributed by atoms with E-state index in [4.69, 9.17) is 23.7 Å². The fourth-order valence-electron chi connectivity index (χ4n) is 14.6. The van der Waals surface area contributed by atoms with Gasteiger partial charge in [0.15, 0.2) is 12.4 Å². The van der Waals surface area contributed by atoms with Crippen molar-refractivity contribution >= 4 is 11.9 Å². The predicted molar refractivity (Wildman–Crippen MR) is 184 cm³/mol. The van der Waals surface area contributed by atoms with E-state index in [1.807, 2.05) is 0 Å². The summed E-state index contributed by atoms with van der Waals surface area (Å²) in [7, 11) is 0. The summed E-state index contributed by atoms with van der Waals surface area (Å²) in [5, 5.41) is 23.6. The molecule has 2 N–H and O–H groups in total. The molecule has 3 aliphatic heterocycles. The summed E-state index contributed by atoms with van der Waals surface area (Å²) < 4.78 is 30.8. The maximum absolute atomic E-state index is 12.6. The zero-order valence-electron chi connectivity index (χ0n) is 31.7. The fraction of sp³-hybridized carbons (Fsp3) is 0.950. The van der Waals surface area contributed by atoms with Crippen LogP contribution in [0.4, 0.5) is 0 Å². The molecule has 282 valence electrons. The maximum atomic E-state index is 12.6. The number of aliphatic hydroxyl groups excluding tert-OH is 1. The number of cyclic esters (lactones) is 1. The number of rotatable bonds is 6. The third-order valence-corrected chi connectivity index (χ3v) is 16.8. The van der Waals surface area contributed by atoms with Gasteiger partial charge in [-0.3, -0.25) is 14.5 Å². The fourth-order valence-corrected chi connectivity index (χ4v) is 14.6. The first-order chi connectivity index (χ1) is 23.4. The van der Waals surface area contributed by atoms with Crippen molar-refractivity contribution in [3.63, 3.8) is 0 Å². The van der Waals surface area contributed by atoms with Crippen molar-refractivity contribution in [2.45, 2.75) is 162 Å². The van der Waals surface area contributed by atoms with Gasteiger partial charge in [0.05, 0.1) is 49.8 Å². The van der Waals surface area contributed by atoms with Crippen LogP contribution in [-0.2, 0) is 33.3 Å². The van der Waals surface area contributed by atoms with Gasteiger partial charge in [0, 0.05) is 25.3 Å². The number of aliphatic hydroxyl groups is 2. The van der Waals surface area contributed by atoms with Crippen molar-refractivity contribution in [1.29, 1.82) is 0 Å². The molecule has 15 atom stereocenters. The lowest BCUT2D eigenvalue weighted by molar-refractivity contribution is -0.250. The van der Waals surface area contributed by atoms with E-state index in [0.717, 1.165) is 45.1 Å². The number of hydrogen-bond donors (Lipinski definition) is 2. The topological polar surface area (TPSA) is 124 Å². The van der Waals surface area contributed by atoms with E-state index >= 15 is 0 Å². The molecular weight excluding hydrogens is 638 g/mol. The van der Waals surface area contributed by atoms with Crippen molar-refractivity contribution in [2.24, 2.45) is 50.7 Å². The van der Waals surface area contributed by atoms with Crippen LogP contribution >= 0.6 is 0 Å². The van der Waals surface area contributed by atoms with E-state index in [0.29, 0.717) is 38.0 Å². The molecule has 0 amide bonds. The van der Waals surface area contributed by atoms with Gasteiger partial charge >= 0.3 is 11.9 Å². The van der Waals surface area contributed by atoms with Crippen LogP contribution in [0.1, 0.15) is 113 Å². The van der Waals surface area contributed by atoms with Crippen molar-refractivity contribution in [2.75, 3.05) is 26.3 Å². The van der Waals surface area contributed by atoms with Crippen LogP contribution in [-0.4, -0.2) is 102 Å². The third-order valence-electron chi connectivity index (χ3n) is 16.8. The molecule has 5 saturated carbocycles. The number of ether oxygens (including phenoxy) is 5. The molecule has 0 aromatic carbocycles. The van der Waals surface area contributed by atoms with Crippen molar-refractivity contribution in [3.8, 4) is 0 Å². The Balaban J connectivity index is 1.02. The average molecular weight is 702 g/mol. The highest BCUT2D eigenvalue weighted by Crippen LogP contribution is 2.89. The quantitative estimate of drug-likeness (QED) is 0.371. The van der Waals surface area contributed by atoms with Crippen LogP contribution < -0.4 is 0 Å². The van der Waals surface area contributed by atoms with E-state index in [-0.39, 0.29) is 69.4 Å². The Morgan fingerprint density at radius 1 is 1.02 bits per heavy atom. The molecular formula is C40H63NO9. The van der Waals surface area contributed by atoms with Gasteiger partial charge in [-0.1, -0.05) is 34.6 Å². The molecule has 3 saturated heterocycles. The molecule has 10 nitrogen and oxygen atoms in total. The molecule has 8 fully saturated rings. The summed E-state index contributed by atoms with van der Waals surface area (Å²) in [6.45, 7) is 19.1. The Kier molecular flexibility index (Phi) is 8.29. The zero-order chi connectivity index (χ0) is 35.8. The molecule has 0 aromatic heterocycles. The average Bonchev–Trinajstić information content (AvgIpc) is 3.44. The van der Waals surface area contributed by atoms with Crippen LogP contribution in [0.2, 0.25) is 0 Å². The van der Waals surface area contributed by atoms with E-state index in [2.05, 4.69) is 39.5 Å². The number of fused-ring (bicyclic) bond motifs is 4. The monoisotopic (exact) mass is 701 g/mol. The number of carbonyl (C=O) groups excluding carboxylic acids is 2. The number of nitrogens with zero attached hydrogens (tertiary/aromatic N) is 1. The summed E-state index contributed by atoms with van der Waals surface area (Å²) in [5.74, 6) is 0.853. The minimum absolute atomic E-state index is 0.0255. The summed E-state index contributed by atoms with van der Waals surface area (Å²) >= 11 is 0. The van der Waals surface area contributed by atoms with Gasteiger partial charge in [-0.15, -0.1) is 0 Å². The molecule has 7 unspecified atom stereocenters. The predicted octanol–water partition coefficient (Wildman–Crippen LogP) is 4.86. The van der Waals surface area contributed by atoms with E-state index in [1.54, 1.807) is 13.8 Å². The number of carbonyl (C=O) groups is 2. The van der Waals surface area contributed by atoms with Gasteiger partial charge in [0.2, 0.25) is 0 Å². The number of esters is 2. The highest BCUT2D eigenvalue weighted by atomic mass is 16.7. The maximum Gasteiger partial charge on any atom is 0.323 e. The zero-order valence-corrected chi connectivity index (χ0v) is 31.7. The third kappa shape index (κ3) is 4.79. The molecule has 8 aliphatic rings. The lowest BCUT2D eigenvalue weighted by Crippen LogP contribution is -2.60. The van der Waals surface area contributed by atoms with Gasteiger partial charge in [0.25, 0.3) is 0 Å². The first kappa shape index (κ1) is 35.7. The van der Waals surface area contributed by atoms with Crippen molar-refractivity contribution in [3.05, 3.63) is 0 Å². The lowest BCUT2D eigenvalue weighted by Gasteiger charge is -2.64. The number of hydrogen-bond acceptors (Lipinski definition) is 10. The van der Waals surface area contributed by atoms with Gasteiger partial charge in [-0.25, -0.2) is 0 Å². The molecule has 2 spiro atoms. The minimum Gasteiger partial charge on any atom is -0.464 e. The Morgan fingerprint density at radius 2 is 1.74 bits per heavy atom. The first-order valence-electron chi connectivity index (χ1n) is 19.8. The molecule has 3 heterocycles. The molecule has 8 rings (SSSR count). The van der Waals surface area contributed by atoms with Crippen LogP contribution in [0.15, 0.2) is 0 Å². The summed E-state index contributed by atoms with van der Waals surface area (Å²) in [5.41, 5.74) is -1.19. The summed E-state index contributed by atoms with van der Waals surface area (Å²) in [6, 6.07) is -0.182. The Morgan fingerprint density at radius 3 is 2.42 bits per heavy atom. The first-order valence-corrected chi connectivity index (χ1v) is 19.8. The second-order valence-corrected chi connectivity index (χ2v) is 19.6. The van der Waals surface area contributed by atoms with Crippen molar-refractivity contribution < 1.29 is 43.5 Å². The minimum atomic E-state index is -1.27. The highest BCUT2D eigenvalue weighted by molar-refractivity contribution is 5.77. The smallest absolute Gasteiger partial charge is 0.323 e. The van der Waals surface area contributed by atoms with E-state index < -0.39 is 29.9 Å². The Bertz CT molecular complexity index is 1380. The van der Waals surface area contributed by atoms with E-state index in [9.17, 15) is 19.8 Å². The van der Waals surface area contributed by atoms with Crippen LogP contribution in [0.25, 0.3) is 0 Å². The second-order valence-electron chi connectivity index (χ2n) is 19.6. The second kappa shape index (κ2) is 11.6. The van der Waals surface area contributed by atoms with Crippen LogP contribution in [0.3, 0.4) is 0 Å². The van der Waals surface area contributed by atoms with Gasteiger partial charge < -0.3 is 33.9 Å². The summed E-state index contributed by atoms with van der Waals surface area (Å²) in [4.78, 5) is 26.6. The highest BCUT2D eigenvalue weighted by Gasteiger charge is 2.84. The van der Waals surface area contributed by atoms with Crippen LogP contribution in [0, 0.1) is 50.7 Å². The van der Waals surface area contributed by atoms with Gasteiger partial charge in [-0.2, -0.15) is 0 Å². The Labute approximate surface area is 298 Å². The number of morpholine rings is 1. The normalized spacial score (nSPS) is 51.7. The standard InChI is InChI=1S/C40H63NO9/c1-22-19-25(33(36(5,6)45)48-23(2)42)49-31-30(22)37(7)14-15-40-21-39(40)13-11-28(35(3,4)26(39)9-10-27(40)38(37,8)32(31)43)50-29-20-41(16-18-46-29)24-12-17-47-34(24)44/h22,24-33,43,45H,9-21H2,1-8H3/t22-,24-,25?,26+,27?,28+,29?,30+,31?,32+,33+,37?,38-,39?,40?/m1/s1. The SMILES string of the molecule is CC(=O)O[C@@H](C1C[C@@H](C)[C@H]2C(O1)[C@H](O)[C@@]1(C)C3CC[C@H]4C(C)(C)[C@@H](OC5CN([C@@H]6CCOC6=O)CCO5)CCC45CC35CCC21C)C(C)(C)O. The lowest BCUT2D eigenvalue weighted by atomic mass is 9.41. The molecule has 5 aliphatic carbocycles. The van der Waals surface area contributed by atoms with Crippen LogP contribution in [0.5, 0.6) is 0 Å². The Hall–Kier alpha value is -1.30. The van der Waals surface area contributed by atoms with Crippen molar-refractivity contribution in [1.82, 2.24) is 4.90 Å². The summed E-state index contributed by atoms with van der Waals surface area (Å²) in [6.07, 6.45) is 6.81. The molecule has 0 aromatic rings. The van der Waals surface area contributed by atoms with Gasteiger partial charge in [0.1, 0.15) is 6.04 Å². The van der Waals surface area contributed by atoms with Gasteiger partial charge in [-0.05, 0) is 111 Å². The molecule has 0 bridgehead atoms.